The molecule has 0 saturated carbocycles. The van der Waals surface area contributed by atoms with Crippen molar-refractivity contribution in [1.82, 2.24) is 19.7 Å². The Kier molecular flexibility index (Phi) is 3.99. The maximum Gasteiger partial charge on any atom is 0.163 e. The van der Waals surface area contributed by atoms with Crippen molar-refractivity contribution in [1.29, 1.82) is 0 Å². The minimum Gasteiger partial charge on any atom is -0.369 e. The average molecular weight is 262 g/mol. The lowest BCUT2D eigenvalue weighted by Crippen LogP contribution is -2.24. The lowest BCUT2D eigenvalue weighted by Gasteiger charge is -2.25. The van der Waals surface area contributed by atoms with Gasteiger partial charge in [-0.05, 0) is 24.8 Å². The van der Waals surface area contributed by atoms with Crippen LogP contribution < -0.4 is 11.1 Å². The zero-order valence-corrected chi connectivity index (χ0v) is 11.8. The van der Waals surface area contributed by atoms with Crippen molar-refractivity contribution in [3.05, 3.63) is 12.5 Å². The number of hydrogen-bond acceptors (Lipinski definition) is 5. The van der Waals surface area contributed by atoms with E-state index in [0.29, 0.717) is 0 Å². The normalized spacial score (nSPS) is 12.0. The van der Waals surface area contributed by atoms with E-state index in [-0.39, 0.29) is 5.41 Å². The average Bonchev–Trinajstić information content (AvgIpc) is 2.77. The SMILES string of the molecule is Cn1ncc2c(NCC(C)(C)CCCN)ncnc21. The molecular formula is C13H22N6. The van der Waals surface area contributed by atoms with E-state index in [1.165, 1.54) is 0 Å². The molecule has 0 aromatic carbocycles. The second kappa shape index (κ2) is 5.52. The maximum atomic E-state index is 5.57. The maximum absolute atomic E-state index is 5.57. The largest absolute Gasteiger partial charge is 0.369 e. The Balaban J connectivity index is 2.09. The van der Waals surface area contributed by atoms with Crippen LogP contribution in [0.3, 0.4) is 0 Å². The van der Waals surface area contributed by atoms with Crippen molar-refractivity contribution < 1.29 is 0 Å². The van der Waals surface area contributed by atoms with Gasteiger partial charge >= 0.3 is 0 Å². The first-order valence-corrected chi connectivity index (χ1v) is 6.60. The predicted octanol–water partition coefficient (Wildman–Crippen LogP) is 1.54. The molecule has 6 heteroatoms. The highest BCUT2D eigenvalue weighted by Gasteiger charge is 2.18. The van der Waals surface area contributed by atoms with Crippen molar-refractivity contribution in [2.45, 2.75) is 26.7 Å². The number of hydrogen-bond donors (Lipinski definition) is 2. The minimum atomic E-state index is 0.193. The van der Waals surface area contributed by atoms with Crippen LogP contribution in [0.1, 0.15) is 26.7 Å². The first-order valence-electron chi connectivity index (χ1n) is 6.60. The summed E-state index contributed by atoms with van der Waals surface area (Å²) in [5.74, 6) is 0.846. The molecule has 3 N–H and O–H groups in total. The van der Waals surface area contributed by atoms with Gasteiger partial charge in [0.1, 0.15) is 12.1 Å². The van der Waals surface area contributed by atoms with E-state index in [4.69, 9.17) is 5.73 Å². The van der Waals surface area contributed by atoms with Crippen LogP contribution in [0.2, 0.25) is 0 Å². The molecule has 0 aliphatic carbocycles. The number of anilines is 1. The molecule has 0 atom stereocenters. The Morgan fingerprint density at radius 1 is 1.37 bits per heavy atom. The molecule has 0 radical (unpaired) electrons. The fourth-order valence-corrected chi connectivity index (χ4v) is 2.09. The van der Waals surface area contributed by atoms with Crippen molar-refractivity contribution in [2.24, 2.45) is 18.2 Å². The second-order valence-corrected chi connectivity index (χ2v) is 5.64. The Morgan fingerprint density at radius 3 is 2.89 bits per heavy atom. The molecule has 0 unspecified atom stereocenters. The van der Waals surface area contributed by atoms with Crippen molar-refractivity contribution >= 4 is 16.9 Å². The van der Waals surface area contributed by atoms with E-state index in [0.717, 1.165) is 42.8 Å². The molecule has 0 amide bonds. The molecule has 0 aliphatic heterocycles. The van der Waals surface area contributed by atoms with Gasteiger partial charge in [-0.25, -0.2) is 9.97 Å². The highest BCUT2D eigenvalue weighted by molar-refractivity contribution is 5.85. The highest BCUT2D eigenvalue weighted by atomic mass is 15.3. The third-order valence-corrected chi connectivity index (χ3v) is 3.32. The van der Waals surface area contributed by atoms with Gasteiger partial charge in [0.25, 0.3) is 0 Å². The van der Waals surface area contributed by atoms with Gasteiger partial charge in [0.15, 0.2) is 5.65 Å². The van der Waals surface area contributed by atoms with Gasteiger partial charge in [0, 0.05) is 13.6 Å². The Morgan fingerprint density at radius 2 is 2.16 bits per heavy atom. The van der Waals surface area contributed by atoms with Gasteiger partial charge in [-0.3, -0.25) is 4.68 Å². The minimum absolute atomic E-state index is 0.193. The quantitative estimate of drug-likeness (QED) is 0.825. The van der Waals surface area contributed by atoms with Crippen LogP contribution in [0, 0.1) is 5.41 Å². The molecule has 2 heterocycles. The van der Waals surface area contributed by atoms with Crippen LogP contribution in [-0.2, 0) is 7.05 Å². The molecule has 0 aliphatic rings. The Labute approximate surface area is 113 Å². The lowest BCUT2D eigenvalue weighted by atomic mass is 9.88. The van der Waals surface area contributed by atoms with Gasteiger partial charge in [0.2, 0.25) is 0 Å². The molecule has 2 aromatic rings. The van der Waals surface area contributed by atoms with Gasteiger partial charge < -0.3 is 11.1 Å². The molecule has 0 saturated heterocycles. The third-order valence-electron chi connectivity index (χ3n) is 3.32. The van der Waals surface area contributed by atoms with Gasteiger partial charge in [-0.1, -0.05) is 13.8 Å². The summed E-state index contributed by atoms with van der Waals surface area (Å²) < 4.78 is 1.75. The fraction of sp³-hybridized carbons (Fsp3) is 0.615. The molecule has 0 spiro atoms. The topological polar surface area (TPSA) is 81.7 Å². The molecule has 104 valence electrons. The van der Waals surface area contributed by atoms with Crippen LogP contribution in [-0.4, -0.2) is 32.8 Å². The van der Waals surface area contributed by atoms with Gasteiger partial charge in [-0.2, -0.15) is 5.10 Å². The van der Waals surface area contributed by atoms with E-state index < -0.39 is 0 Å². The molecule has 2 aromatic heterocycles. The van der Waals surface area contributed by atoms with Crippen molar-refractivity contribution in [3.63, 3.8) is 0 Å². The summed E-state index contributed by atoms with van der Waals surface area (Å²) in [6, 6.07) is 0. The van der Waals surface area contributed by atoms with E-state index >= 15 is 0 Å². The molecule has 0 fully saturated rings. The number of aromatic nitrogens is 4. The van der Waals surface area contributed by atoms with Crippen LogP contribution in [0.15, 0.2) is 12.5 Å². The van der Waals surface area contributed by atoms with E-state index in [2.05, 4.69) is 34.2 Å². The summed E-state index contributed by atoms with van der Waals surface area (Å²) in [5.41, 5.74) is 6.61. The molecular weight excluding hydrogens is 240 g/mol. The Bertz CT molecular complexity index is 545. The highest BCUT2D eigenvalue weighted by Crippen LogP contribution is 2.24. The number of nitrogens with two attached hydrogens (primary N) is 1. The number of aryl methyl sites for hydroxylation is 1. The van der Waals surface area contributed by atoms with Gasteiger partial charge in [0.05, 0.1) is 11.6 Å². The van der Waals surface area contributed by atoms with Crippen LogP contribution in [0.5, 0.6) is 0 Å². The Hall–Kier alpha value is -1.69. The summed E-state index contributed by atoms with van der Waals surface area (Å²) >= 11 is 0. The smallest absolute Gasteiger partial charge is 0.163 e. The number of nitrogens with zero attached hydrogens (tertiary/aromatic N) is 4. The first kappa shape index (κ1) is 13.7. The molecule has 6 nitrogen and oxygen atoms in total. The summed E-state index contributed by atoms with van der Waals surface area (Å²) in [5, 5.41) is 8.57. The van der Waals surface area contributed by atoms with E-state index in [1.54, 1.807) is 17.2 Å². The number of fused-ring (bicyclic) bond motifs is 1. The number of nitrogens with one attached hydrogen (secondary N) is 1. The molecule has 0 bridgehead atoms. The predicted molar refractivity (Wildman–Crippen MR) is 76.9 cm³/mol. The standard InChI is InChI=1S/C13H22N6/c1-13(2,5-4-6-14)8-15-11-10-7-18-19(3)12(10)17-9-16-11/h7,9H,4-6,8,14H2,1-3H3,(H,15,16,17). The van der Waals surface area contributed by atoms with E-state index in [9.17, 15) is 0 Å². The fourth-order valence-electron chi connectivity index (χ4n) is 2.09. The van der Waals surface area contributed by atoms with Crippen molar-refractivity contribution in [2.75, 3.05) is 18.4 Å². The molecule has 2 rings (SSSR count). The third kappa shape index (κ3) is 3.20. The first-order chi connectivity index (χ1) is 9.03. The van der Waals surface area contributed by atoms with Crippen LogP contribution in [0.25, 0.3) is 11.0 Å². The monoisotopic (exact) mass is 262 g/mol. The summed E-state index contributed by atoms with van der Waals surface area (Å²) in [4.78, 5) is 8.53. The summed E-state index contributed by atoms with van der Waals surface area (Å²) in [6.45, 7) is 6.06. The summed E-state index contributed by atoms with van der Waals surface area (Å²) in [6.07, 6.45) is 5.50. The zero-order chi connectivity index (χ0) is 13.9. The van der Waals surface area contributed by atoms with Crippen LogP contribution in [0.4, 0.5) is 5.82 Å². The van der Waals surface area contributed by atoms with Gasteiger partial charge in [-0.15, -0.1) is 0 Å². The number of rotatable bonds is 6. The van der Waals surface area contributed by atoms with E-state index in [1.807, 2.05) is 7.05 Å². The second-order valence-electron chi connectivity index (χ2n) is 5.64. The summed E-state index contributed by atoms with van der Waals surface area (Å²) in [7, 11) is 1.88. The molecule has 19 heavy (non-hydrogen) atoms. The zero-order valence-electron chi connectivity index (χ0n) is 11.8. The van der Waals surface area contributed by atoms with Crippen molar-refractivity contribution in [3.8, 4) is 0 Å². The lowest BCUT2D eigenvalue weighted by molar-refractivity contribution is 0.350. The van der Waals surface area contributed by atoms with Crippen LogP contribution >= 0.6 is 0 Å².